The molecule has 3 aliphatic rings. The van der Waals surface area contributed by atoms with Crippen molar-refractivity contribution in [2.45, 2.75) is 44.6 Å². The fourth-order valence-electron chi connectivity index (χ4n) is 3.08. The maximum atomic E-state index is 3.69. The van der Waals surface area contributed by atoms with Crippen LogP contribution in [0.2, 0.25) is 0 Å². The molecular weight excluding hydrogens is 158 g/mol. The second-order valence-electron chi connectivity index (χ2n) is 4.49. The van der Waals surface area contributed by atoms with E-state index in [9.17, 15) is 0 Å². The Balaban J connectivity index is 1.91. The van der Waals surface area contributed by atoms with E-state index in [4.69, 9.17) is 0 Å². The maximum absolute atomic E-state index is 3.69. The fraction of sp³-hybridized carbons (Fsp3) is 0.667. The minimum absolute atomic E-state index is 0.664. The number of hydrogen-bond donors (Lipinski definition) is 1. The third kappa shape index (κ3) is 1.13. The summed E-state index contributed by atoms with van der Waals surface area (Å²) in [7, 11) is 0. The van der Waals surface area contributed by atoms with Gasteiger partial charge in [0, 0.05) is 11.6 Å². The van der Waals surface area contributed by atoms with Crippen molar-refractivity contribution in [3.05, 3.63) is 23.4 Å². The quantitative estimate of drug-likeness (QED) is 0.558. The molecule has 2 aliphatic carbocycles. The van der Waals surface area contributed by atoms with Gasteiger partial charge in [-0.05, 0) is 44.1 Å². The van der Waals surface area contributed by atoms with Crippen molar-refractivity contribution in [1.29, 1.82) is 0 Å². The standard InChI is InChI=1S/C12H17N/c1-3-7-11-9(5-1)10-6-2-4-8-12(10)13-11/h3,7,9,11,13H,1-2,4-6,8H2. The van der Waals surface area contributed by atoms with E-state index in [0.717, 1.165) is 5.92 Å². The maximum Gasteiger partial charge on any atom is 0.0507 e. The predicted molar refractivity (Wildman–Crippen MR) is 54.3 cm³/mol. The number of nitrogens with one attached hydrogen (secondary N) is 1. The van der Waals surface area contributed by atoms with Crippen LogP contribution in [0.3, 0.4) is 0 Å². The van der Waals surface area contributed by atoms with Gasteiger partial charge in [0.1, 0.15) is 0 Å². The molecule has 3 rings (SSSR count). The van der Waals surface area contributed by atoms with Gasteiger partial charge in [-0.3, -0.25) is 0 Å². The van der Waals surface area contributed by atoms with Crippen molar-refractivity contribution in [3.8, 4) is 0 Å². The fourth-order valence-corrected chi connectivity index (χ4v) is 3.08. The third-order valence-corrected chi connectivity index (χ3v) is 3.72. The summed E-state index contributed by atoms with van der Waals surface area (Å²) in [6.07, 6.45) is 12.9. The van der Waals surface area contributed by atoms with Crippen LogP contribution in [0, 0.1) is 5.92 Å². The van der Waals surface area contributed by atoms with Gasteiger partial charge < -0.3 is 5.32 Å². The molecule has 2 atom stereocenters. The molecule has 0 amide bonds. The van der Waals surface area contributed by atoms with Crippen molar-refractivity contribution in [3.63, 3.8) is 0 Å². The molecule has 1 heteroatoms. The highest BCUT2D eigenvalue weighted by molar-refractivity contribution is 5.30. The van der Waals surface area contributed by atoms with Crippen LogP contribution in [0.1, 0.15) is 38.5 Å². The largest absolute Gasteiger partial charge is 0.382 e. The predicted octanol–water partition coefficient (Wildman–Crippen LogP) is 2.75. The molecule has 0 saturated carbocycles. The average molecular weight is 175 g/mol. The normalized spacial score (nSPS) is 36.9. The summed E-state index contributed by atoms with van der Waals surface area (Å²) in [5, 5.41) is 3.69. The monoisotopic (exact) mass is 175 g/mol. The molecule has 13 heavy (non-hydrogen) atoms. The first-order valence-electron chi connectivity index (χ1n) is 5.60. The Labute approximate surface area is 79.9 Å². The molecule has 0 fully saturated rings. The van der Waals surface area contributed by atoms with E-state index in [0.29, 0.717) is 6.04 Å². The Morgan fingerprint density at radius 2 is 2.15 bits per heavy atom. The highest BCUT2D eigenvalue weighted by Gasteiger charge is 2.34. The number of hydrogen-bond acceptors (Lipinski definition) is 1. The first-order chi connectivity index (χ1) is 6.45. The minimum Gasteiger partial charge on any atom is -0.382 e. The van der Waals surface area contributed by atoms with Gasteiger partial charge >= 0.3 is 0 Å². The van der Waals surface area contributed by atoms with Gasteiger partial charge in [-0.25, -0.2) is 0 Å². The molecule has 0 saturated heterocycles. The van der Waals surface area contributed by atoms with Crippen molar-refractivity contribution in [2.24, 2.45) is 5.92 Å². The van der Waals surface area contributed by atoms with E-state index in [2.05, 4.69) is 17.5 Å². The van der Waals surface area contributed by atoms with Crippen LogP contribution in [-0.4, -0.2) is 6.04 Å². The minimum atomic E-state index is 0.664. The van der Waals surface area contributed by atoms with Gasteiger partial charge in [0.05, 0.1) is 6.04 Å². The summed E-state index contributed by atoms with van der Waals surface area (Å²) < 4.78 is 0. The SMILES string of the molecule is C1=CC2NC3=C(CCCC3)C2CC1. The summed E-state index contributed by atoms with van der Waals surface area (Å²) in [5.74, 6) is 0.861. The van der Waals surface area contributed by atoms with Crippen molar-refractivity contribution in [1.82, 2.24) is 5.32 Å². The van der Waals surface area contributed by atoms with Crippen molar-refractivity contribution < 1.29 is 0 Å². The topological polar surface area (TPSA) is 12.0 Å². The van der Waals surface area contributed by atoms with Gasteiger partial charge in [0.2, 0.25) is 0 Å². The Bertz CT molecular complexity index is 275. The van der Waals surface area contributed by atoms with Crippen LogP contribution in [0.5, 0.6) is 0 Å². The number of rotatable bonds is 0. The van der Waals surface area contributed by atoms with E-state index in [1.807, 2.05) is 0 Å². The zero-order valence-corrected chi connectivity index (χ0v) is 8.05. The summed E-state index contributed by atoms with van der Waals surface area (Å²) in [6, 6.07) is 0.664. The van der Waals surface area contributed by atoms with Crippen LogP contribution in [0.15, 0.2) is 23.4 Å². The molecular formula is C12H17N. The van der Waals surface area contributed by atoms with E-state index in [1.54, 1.807) is 11.3 Å². The molecule has 2 unspecified atom stereocenters. The van der Waals surface area contributed by atoms with Gasteiger partial charge in [-0.15, -0.1) is 0 Å². The number of fused-ring (bicyclic) bond motifs is 2. The zero-order valence-electron chi connectivity index (χ0n) is 8.05. The molecule has 0 radical (unpaired) electrons. The Morgan fingerprint density at radius 3 is 3.15 bits per heavy atom. The molecule has 1 N–H and O–H groups in total. The Kier molecular flexibility index (Phi) is 1.71. The van der Waals surface area contributed by atoms with Crippen LogP contribution in [0.4, 0.5) is 0 Å². The molecule has 1 nitrogen and oxygen atoms in total. The lowest BCUT2D eigenvalue weighted by molar-refractivity contribution is 0.476. The zero-order chi connectivity index (χ0) is 8.67. The van der Waals surface area contributed by atoms with Crippen LogP contribution in [0.25, 0.3) is 0 Å². The molecule has 1 heterocycles. The van der Waals surface area contributed by atoms with Gasteiger partial charge in [0.25, 0.3) is 0 Å². The third-order valence-electron chi connectivity index (χ3n) is 3.72. The van der Waals surface area contributed by atoms with Crippen molar-refractivity contribution >= 4 is 0 Å². The van der Waals surface area contributed by atoms with Crippen LogP contribution in [-0.2, 0) is 0 Å². The lowest BCUT2D eigenvalue weighted by Gasteiger charge is -2.23. The molecule has 1 aliphatic heterocycles. The summed E-state index contributed by atoms with van der Waals surface area (Å²) in [5.41, 5.74) is 3.38. The average Bonchev–Trinajstić information content (AvgIpc) is 2.56. The van der Waals surface area contributed by atoms with Crippen molar-refractivity contribution in [2.75, 3.05) is 0 Å². The van der Waals surface area contributed by atoms with Gasteiger partial charge in [0.15, 0.2) is 0 Å². The van der Waals surface area contributed by atoms with E-state index < -0.39 is 0 Å². The lowest BCUT2D eigenvalue weighted by atomic mass is 9.82. The van der Waals surface area contributed by atoms with E-state index in [-0.39, 0.29) is 0 Å². The summed E-state index contributed by atoms with van der Waals surface area (Å²) in [6.45, 7) is 0. The van der Waals surface area contributed by atoms with E-state index >= 15 is 0 Å². The molecule has 0 aromatic rings. The Hall–Kier alpha value is -0.720. The highest BCUT2D eigenvalue weighted by Crippen LogP contribution is 2.40. The smallest absolute Gasteiger partial charge is 0.0507 e. The molecule has 70 valence electrons. The van der Waals surface area contributed by atoms with Gasteiger partial charge in [-0.1, -0.05) is 12.2 Å². The first-order valence-corrected chi connectivity index (χ1v) is 5.60. The second kappa shape index (κ2) is 2.90. The summed E-state index contributed by atoms with van der Waals surface area (Å²) >= 11 is 0. The molecule has 0 aromatic carbocycles. The van der Waals surface area contributed by atoms with Gasteiger partial charge in [-0.2, -0.15) is 0 Å². The Morgan fingerprint density at radius 1 is 1.23 bits per heavy atom. The second-order valence-corrected chi connectivity index (χ2v) is 4.49. The molecule has 0 spiro atoms. The highest BCUT2D eigenvalue weighted by atomic mass is 15.0. The summed E-state index contributed by atoms with van der Waals surface area (Å²) in [4.78, 5) is 0. The van der Waals surface area contributed by atoms with Crippen LogP contribution < -0.4 is 5.32 Å². The van der Waals surface area contributed by atoms with E-state index in [1.165, 1.54) is 38.5 Å². The first kappa shape index (κ1) is 7.66. The lowest BCUT2D eigenvalue weighted by Crippen LogP contribution is -2.28. The molecule has 0 aromatic heterocycles. The number of allylic oxidation sites excluding steroid dienone is 2. The van der Waals surface area contributed by atoms with Crippen LogP contribution >= 0.6 is 0 Å². The molecule has 0 bridgehead atoms.